The number of benzene rings is 2. The first kappa shape index (κ1) is 19.8. The number of aromatic carboxylic acids is 1. The maximum Gasteiger partial charge on any atom is 0.419 e. The van der Waals surface area contributed by atoms with E-state index in [0.29, 0.717) is 5.56 Å². The highest BCUT2D eigenvalue weighted by atomic mass is 19.4. The van der Waals surface area contributed by atoms with Crippen LogP contribution >= 0.6 is 0 Å². The third-order valence-corrected chi connectivity index (χ3v) is 4.57. The van der Waals surface area contributed by atoms with Crippen molar-refractivity contribution in [1.29, 1.82) is 0 Å². The Morgan fingerprint density at radius 1 is 1.15 bits per heavy atom. The lowest BCUT2D eigenvalue weighted by Gasteiger charge is -2.25. The van der Waals surface area contributed by atoms with Crippen molar-refractivity contribution >= 4 is 5.97 Å². The Hall–Kier alpha value is -2.50. The molecular formula is C20H21F3O3. The van der Waals surface area contributed by atoms with Gasteiger partial charge in [-0.15, -0.1) is 0 Å². The van der Waals surface area contributed by atoms with Crippen LogP contribution in [0.4, 0.5) is 13.2 Å². The topological polar surface area (TPSA) is 46.5 Å². The summed E-state index contributed by atoms with van der Waals surface area (Å²) in [5.74, 6) is -1.75. The molecule has 0 saturated carbocycles. The second-order valence-corrected chi connectivity index (χ2v) is 6.81. The van der Waals surface area contributed by atoms with Crippen molar-refractivity contribution in [2.45, 2.75) is 45.7 Å². The number of rotatable bonds is 5. The molecule has 0 aromatic heterocycles. The van der Waals surface area contributed by atoms with Gasteiger partial charge in [0.05, 0.1) is 5.56 Å². The third kappa shape index (κ3) is 4.00. The first-order chi connectivity index (χ1) is 12.0. The van der Waals surface area contributed by atoms with E-state index in [4.69, 9.17) is 4.74 Å². The quantitative estimate of drug-likeness (QED) is 0.686. The van der Waals surface area contributed by atoms with E-state index < -0.39 is 23.5 Å². The van der Waals surface area contributed by atoms with Gasteiger partial charge in [-0.2, -0.15) is 13.2 Å². The highest BCUT2D eigenvalue weighted by Crippen LogP contribution is 2.40. The Balaban J connectivity index is 2.60. The molecule has 0 fully saturated rings. The minimum Gasteiger partial charge on any atom is -0.478 e. The van der Waals surface area contributed by atoms with Crippen molar-refractivity contribution in [3.8, 4) is 11.5 Å². The fourth-order valence-corrected chi connectivity index (χ4v) is 2.56. The highest BCUT2D eigenvalue weighted by Gasteiger charge is 2.35. The maximum atomic E-state index is 13.2. The molecule has 2 rings (SSSR count). The average molecular weight is 366 g/mol. The van der Waals surface area contributed by atoms with Crippen molar-refractivity contribution in [2.24, 2.45) is 0 Å². The first-order valence-corrected chi connectivity index (χ1v) is 8.20. The second-order valence-electron chi connectivity index (χ2n) is 6.81. The van der Waals surface area contributed by atoms with Crippen molar-refractivity contribution in [1.82, 2.24) is 0 Å². The minimum atomic E-state index is -4.60. The molecule has 0 aliphatic carbocycles. The summed E-state index contributed by atoms with van der Waals surface area (Å²) in [4.78, 5) is 11.7. The van der Waals surface area contributed by atoms with Crippen LogP contribution in [0.5, 0.6) is 11.5 Å². The van der Waals surface area contributed by atoms with Crippen LogP contribution in [0, 0.1) is 6.92 Å². The molecule has 0 spiro atoms. The molecule has 0 bridgehead atoms. The Kier molecular flexibility index (Phi) is 5.35. The van der Waals surface area contributed by atoms with Crippen LogP contribution in [0.1, 0.15) is 54.2 Å². The van der Waals surface area contributed by atoms with Gasteiger partial charge in [-0.05, 0) is 48.1 Å². The van der Waals surface area contributed by atoms with Crippen LogP contribution in [0.15, 0.2) is 36.4 Å². The number of hydrogen-bond donors (Lipinski definition) is 1. The second kappa shape index (κ2) is 7.02. The molecule has 0 saturated heterocycles. The largest absolute Gasteiger partial charge is 0.478 e. The maximum absolute atomic E-state index is 13.2. The number of aryl methyl sites for hydroxylation is 1. The zero-order chi connectivity index (χ0) is 19.7. The van der Waals surface area contributed by atoms with Gasteiger partial charge < -0.3 is 9.84 Å². The van der Waals surface area contributed by atoms with Crippen molar-refractivity contribution < 1.29 is 27.8 Å². The van der Waals surface area contributed by atoms with Gasteiger partial charge in [0.2, 0.25) is 0 Å². The van der Waals surface area contributed by atoms with Crippen LogP contribution in [-0.4, -0.2) is 11.1 Å². The zero-order valence-electron chi connectivity index (χ0n) is 15.1. The van der Waals surface area contributed by atoms with Gasteiger partial charge >= 0.3 is 12.1 Å². The Bertz CT molecular complexity index is 824. The van der Waals surface area contributed by atoms with E-state index in [0.717, 1.165) is 18.1 Å². The standard InChI is InChI=1S/C20H21F3O3/c1-5-19(3,4)13-10-12(2)17(14(11-13)18(24)25)26-16-9-7-6-8-15(16)20(21,22)23/h6-11H,5H2,1-4H3,(H,24,25). The number of alkyl halides is 3. The van der Waals surface area contributed by atoms with Gasteiger partial charge in [0.1, 0.15) is 17.1 Å². The van der Waals surface area contributed by atoms with Gasteiger partial charge in [0, 0.05) is 0 Å². The molecule has 26 heavy (non-hydrogen) atoms. The van der Waals surface area contributed by atoms with E-state index in [1.807, 2.05) is 20.8 Å². The summed E-state index contributed by atoms with van der Waals surface area (Å²) in [6, 6.07) is 7.99. The molecular weight excluding hydrogens is 345 g/mol. The molecule has 0 radical (unpaired) electrons. The van der Waals surface area contributed by atoms with Crippen LogP contribution in [0.3, 0.4) is 0 Å². The van der Waals surface area contributed by atoms with E-state index in [-0.39, 0.29) is 16.7 Å². The number of para-hydroxylation sites is 1. The SMILES string of the molecule is CCC(C)(C)c1cc(C)c(Oc2ccccc2C(F)(F)F)c(C(=O)O)c1. The molecule has 3 nitrogen and oxygen atoms in total. The summed E-state index contributed by atoms with van der Waals surface area (Å²) in [6.45, 7) is 7.58. The number of ether oxygens (including phenoxy) is 1. The molecule has 0 heterocycles. The number of halogens is 3. The van der Waals surface area contributed by atoms with Crippen molar-refractivity contribution in [2.75, 3.05) is 0 Å². The normalized spacial score (nSPS) is 12.1. The highest BCUT2D eigenvalue weighted by molar-refractivity contribution is 5.92. The van der Waals surface area contributed by atoms with Crippen LogP contribution in [0.25, 0.3) is 0 Å². The van der Waals surface area contributed by atoms with Crippen LogP contribution in [0.2, 0.25) is 0 Å². The monoisotopic (exact) mass is 366 g/mol. The number of carbonyl (C=O) groups is 1. The molecule has 0 atom stereocenters. The van der Waals surface area contributed by atoms with Gasteiger partial charge in [0.25, 0.3) is 0 Å². The molecule has 1 N–H and O–H groups in total. The smallest absolute Gasteiger partial charge is 0.419 e. The summed E-state index contributed by atoms with van der Waals surface area (Å²) in [5.41, 5.74) is -0.103. The van der Waals surface area contributed by atoms with Crippen molar-refractivity contribution in [3.63, 3.8) is 0 Å². The molecule has 140 valence electrons. The summed E-state index contributed by atoms with van der Waals surface area (Å²) in [5, 5.41) is 9.56. The van der Waals surface area contributed by atoms with Crippen LogP contribution < -0.4 is 4.74 Å². The predicted octanol–water partition coefficient (Wildman–Crippen LogP) is 6.19. The minimum absolute atomic E-state index is 0.0788. The fourth-order valence-electron chi connectivity index (χ4n) is 2.56. The Labute approximate surface area is 150 Å². The number of carboxylic acid groups (broad SMARTS) is 1. The molecule has 2 aromatic carbocycles. The zero-order valence-corrected chi connectivity index (χ0v) is 15.1. The van der Waals surface area contributed by atoms with Gasteiger partial charge in [-0.25, -0.2) is 4.79 Å². The summed E-state index contributed by atoms with van der Waals surface area (Å²) in [7, 11) is 0. The lowest BCUT2D eigenvalue weighted by Crippen LogP contribution is -2.17. The number of hydrogen-bond acceptors (Lipinski definition) is 2. The predicted molar refractivity (Wildman–Crippen MR) is 93.0 cm³/mol. The van der Waals surface area contributed by atoms with Gasteiger partial charge in [0.15, 0.2) is 0 Å². The van der Waals surface area contributed by atoms with Gasteiger partial charge in [-0.3, -0.25) is 0 Å². The Morgan fingerprint density at radius 2 is 1.77 bits per heavy atom. The molecule has 6 heteroatoms. The lowest BCUT2D eigenvalue weighted by molar-refractivity contribution is -0.138. The van der Waals surface area contributed by atoms with E-state index in [9.17, 15) is 23.1 Å². The fraction of sp³-hybridized carbons (Fsp3) is 0.350. The summed E-state index contributed by atoms with van der Waals surface area (Å²) < 4.78 is 45.0. The van der Waals surface area contributed by atoms with Crippen LogP contribution in [-0.2, 0) is 11.6 Å². The number of carboxylic acids is 1. The molecule has 2 aromatic rings. The van der Waals surface area contributed by atoms with E-state index in [2.05, 4.69) is 0 Å². The molecule has 0 aliphatic rings. The summed E-state index contributed by atoms with van der Waals surface area (Å²) in [6.07, 6.45) is -3.82. The molecule has 0 unspecified atom stereocenters. The summed E-state index contributed by atoms with van der Waals surface area (Å²) >= 11 is 0. The Morgan fingerprint density at radius 3 is 2.31 bits per heavy atom. The first-order valence-electron chi connectivity index (χ1n) is 8.20. The third-order valence-electron chi connectivity index (χ3n) is 4.57. The van der Waals surface area contributed by atoms with Gasteiger partial charge in [-0.1, -0.05) is 39.0 Å². The molecule has 0 amide bonds. The average Bonchev–Trinajstić information content (AvgIpc) is 2.55. The molecule has 0 aliphatic heterocycles. The van der Waals surface area contributed by atoms with E-state index in [1.165, 1.54) is 24.3 Å². The van der Waals surface area contributed by atoms with Crippen molar-refractivity contribution in [3.05, 3.63) is 58.7 Å². The van der Waals surface area contributed by atoms with E-state index >= 15 is 0 Å². The lowest BCUT2D eigenvalue weighted by atomic mass is 9.80. The van der Waals surface area contributed by atoms with E-state index in [1.54, 1.807) is 13.0 Å².